The molecule has 1 N–H and O–H groups in total. The molecule has 0 bridgehead atoms. The largest absolute Gasteiger partial charge is 0.360 e. The number of aromatic nitrogens is 2. The monoisotopic (exact) mass is 286 g/mol. The summed E-state index contributed by atoms with van der Waals surface area (Å²) in [4.78, 5) is 17.9. The number of H-pyrrole nitrogens is 1. The molecule has 3 aromatic rings. The fraction of sp³-hybridized carbons (Fsp3) is 0. The molecule has 0 aliphatic carbocycles. The minimum absolute atomic E-state index is 0.140. The van der Waals surface area contributed by atoms with Crippen molar-refractivity contribution in [3.8, 4) is 0 Å². The lowest BCUT2D eigenvalue weighted by Gasteiger charge is -2.04. The normalized spacial score (nSPS) is 11.6. The number of fused-ring (bicyclic) bond motifs is 1. The van der Waals surface area contributed by atoms with Gasteiger partial charge in [0.15, 0.2) is 6.29 Å². The minimum atomic E-state index is -3.60. The Morgan fingerprint density at radius 1 is 1.15 bits per heavy atom. The van der Waals surface area contributed by atoms with Crippen molar-refractivity contribution in [1.29, 1.82) is 0 Å². The van der Waals surface area contributed by atoms with Crippen LogP contribution in [0.5, 0.6) is 0 Å². The highest BCUT2D eigenvalue weighted by atomic mass is 32.2. The third-order valence-corrected chi connectivity index (χ3v) is 4.80. The van der Waals surface area contributed by atoms with Gasteiger partial charge < -0.3 is 4.98 Å². The molecule has 0 fully saturated rings. The molecule has 0 spiro atoms. The van der Waals surface area contributed by atoms with E-state index in [1.54, 1.807) is 18.3 Å². The minimum Gasteiger partial charge on any atom is -0.360 e. The summed E-state index contributed by atoms with van der Waals surface area (Å²) >= 11 is 0. The average molecular weight is 286 g/mol. The molecule has 5 nitrogen and oxygen atoms in total. The van der Waals surface area contributed by atoms with Crippen LogP contribution < -0.4 is 0 Å². The number of nitrogens with zero attached hydrogens (tertiary/aromatic N) is 1. The predicted molar refractivity (Wildman–Crippen MR) is 73.4 cm³/mol. The van der Waals surface area contributed by atoms with E-state index in [-0.39, 0.29) is 9.79 Å². The Hall–Kier alpha value is -2.47. The Morgan fingerprint density at radius 3 is 2.70 bits per heavy atom. The summed E-state index contributed by atoms with van der Waals surface area (Å²) in [7, 11) is -3.60. The first-order valence-corrected chi connectivity index (χ1v) is 7.32. The number of hydrogen-bond donors (Lipinski definition) is 1. The van der Waals surface area contributed by atoms with Gasteiger partial charge in [-0.25, -0.2) is 8.42 Å². The highest BCUT2D eigenvalue weighted by Gasteiger charge is 2.18. The van der Waals surface area contributed by atoms with Crippen molar-refractivity contribution in [3.05, 3.63) is 54.5 Å². The third-order valence-electron chi connectivity index (χ3n) is 3.07. The second kappa shape index (κ2) is 4.57. The Kier molecular flexibility index (Phi) is 2.87. The number of aromatic amines is 1. The lowest BCUT2D eigenvalue weighted by atomic mass is 10.2. The maximum atomic E-state index is 12.4. The van der Waals surface area contributed by atoms with Crippen LogP contribution >= 0.6 is 0 Å². The number of hydrogen-bond acceptors (Lipinski definition) is 4. The van der Waals surface area contributed by atoms with Crippen molar-refractivity contribution in [2.24, 2.45) is 0 Å². The molecule has 6 heteroatoms. The Morgan fingerprint density at radius 2 is 2.00 bits per heavy atom. The van der Waals surface area contributed by atoms with Crippen LogP contribution in [0.15, 0.2) is 58.7 Å². The van der Waals surface area contributed by atoms with E-state index in [9.17, 15) is 13.2 Å². The Bertz CT molecular complexity index is 883. The number of rotatable bonds is 3. The fourth-order valence-electron chi connectivity index (χ4n) is 2.03. The van der Waals surface area contributed by atoms with Gasteiger partial charge in [-0.05, 0) is 24.3 Å². The zero-order valence-corrected chi connectivity index (χ0v) is 11.1. The van der Waals surface area contributed by atoms with Gasteiger partial charge in [-0.3, -0.25) is 9.78 Å². The van der Waals surface area contributed by atoms with Gasteiger partial charge in [0.25, 0.3) is 0 Å². The molecule has 0 aliphatic rings. The molecule has 0 saturated heterocycles. The topological polar surface area (TPSA) is 79.9 Å². The quantitative estimate of drug-likeness (QED) is 0.749. The van der Waals surface area contributed by atoms with Crippen LogP contribution in [0, 0.1) is 0 Å². The van der Waals surface area contributed by atoms with Crippen molar-refractivity contribution in [3.63, 3.8) is 0 Å². The van der Waals surface area contributed by atoms with Crippen LogP contribution in [0.4, 0.5) is 0 Å². The average Bonchev–Trinajstić information content (AvgIpc) is 2.90. The molecule has 0 saturated carbocycles. The second-order valence-electron chi connectivity index (χ2n) is 4.26. The van der Waals surface area contributed by atoms with Gasteiger partial charge in [0.1, 0.15) is 0 Å². The number of carbonyl (C=O) groups is 1. The van der Waals surface area contributed by atoms with Crippen molar-refractivity contribution >= 4 is 27.0 Å². The maximum Gasteiger partial charge on any atom is 0.208 e. The summed E-state index contributed by atoms with van der Waals surface area (Å²) in [5, 5.41) is 0.699. The molecule has 0 radical (unpaired) electrons. The third kappa shape index (κ3) is 1.90. The smallest absolute Gasteiger partial charge is 0.208 e. The zero-order chi connectivity index (χ0) is 14.2. The molecule has 2 heterocycles. The summed E-state index contributed by atoms with van der Waals surface area (Å²) in [5.74, 6) is 0. The van der Waals surface area contributed by atoms with Gasteiger partial charge in [0, 0.05) is 35.1 Å². The van der Waals surface area contributed by atoms with Crippen LogP contribution in [-0.2, 0) is 9.84 Å². The lowest BCUT2D eigenvalue weighted by Crippen LogP contribution is -2.02. The molecule has 0 atom stereocenters. The molecular weight excluding hydrogens is 276 g/mol. The Labute approximate surface area is 115 Å². The van der Waals surface area contributed by atoms with Gasteiger partial charge in [-0.2, -0.15) is 0 Å². The summed E-state index contributed by atoms with van der Waals surface area (Å²) in [6, 6.07) is 7.71. The van der Waals surface area contributed by atoms with E-state index in [0.29, 0.717) is 16.5 Å². The molecule has 2 aromatic heterocycles. The maximum absolute atomic E-state index is 12.4. The van der Waals surface area contributed by atoms with Gasteiger partial charge in [0.05, 0.1) is 9.79 Å². The summed E-state index contributed by atoms with van der Waals surface area (Å²) in [6.45, 7) is 0. The van der Waals surface area contributed by atoms with E-state index in [4.69, 9.17) is 0 Å². The standard InChI is InChI=1S/C14H10N2O3S/c17-9-10-7-16-14-6-11(3-4-13(10)14)20(18,19)12-2-1-5-15-8-12/h1-9,16H. The van der Waals surface area contributed by atoms with E-state index in [1.807, 2.05) is 0 Å². The highest BCUT2D eigenvalue weighted by Crippen LogP contribution is 2.25. The number of nitrogens with one attached hydrogen (secondary N) is 1. The van der Waals surface area contributed by atoms with Crippen LogP contribution in [0.25, 0.3) is 10.9 Å². The number of carbonyl (C=O) groups excluding carboxylic acids is 1. The Balaban J connectivity index is 2.18. The van der Waals surface area contributed by atoms with E-state index in [1.165, 1.54) is 30.6 Å². The first-order chi connectivity index (χ1) is 9.63. The van der Waals surface area contributed by atoms with E-state index < -0.39 is 9.84 Å². The lowest BCUT2D eigenvalue weighted by molar-refractivity contribution is 0.112. The fourth-order valence-corrected chi connectivity index (χ4v) is 3.28. The van der Waals surface area contributed by atoms with Gasteiger partial charge >= 0.3 is 0 Å². The van der Waals surface area contributed by atoms with Crippen molar-refractivity contribution in [1.82, 2.24) is 9.97 Å². The van der Waals surface area contributed by atoms with E-state index >= 15 is 0 Å². The first kappa shape index (κ1) is 12.6. The first-order valence-electron chi connectivity index (χ1n) is 5.84. The summed E-state index contributed by atoms with van der Waals surface area (Å²) in [5.41, 5.74) is 1.11. The van der Waals surface area contributed by atoms with E-state index in [2.05, 4.69) is 9.97 Å². The van der Waals surface area contributed by atoms with E-state index in [0.717, 1.165) is 6.29 Å². The van der Waals surface area contributed by atoms with Crippen LogP contribution in [-0.4, -0.2) is 24.7 Å². The number of sulfone groups is 1. The SMILES string of the molecule is O=Cc1c[nH]c2cc(S(=O)(=O)c3cccnc3)ccc12. The highest BCUT2D eigenvalue weighted by molar-refractivity contribution is 7.91. The van der Waals surface area contributed by atoms with Crippen molar-refractivity contribution < 1.29 is 13.2 Å². The van der Waals surface area contributed by atoms with Crippen LogP contribution in [0.1, 0.15) is 10.4 Å². The van der Waals surface area contributed by atoms with Crippen molar-refractivity contribution in [2.45, 2.75) is 9.79 Å². The molecule has 20 heavy (non-hydrogen) atoms. The summed E-state index contributed by atoms with van der Waals surface area (Å²) < 4.78 is 24.9. The number of pyridine rings is 1. The van der Waals surface area contributed by atoms with Crippen molar-refractivity contribution in [2.75, 3.05) is 0 Å². The molecular formula is C14H10N2O3S. The molecule has 1 aromatic carbocycles. The molecule has 3 rings (SSSR count). The zero-order valence-electron chi connectivity index (χ0n) is 10.3. The molecule has 0 amide bonds. The molecule has 0 aliphatic heterocycles. The number of aldehydes is 1. The van der Waals surface area contributed by atoms with Crippen LogP contribution in [0.3, 0.4) is 0 Å². The number of benzene rings is 1. The second-order valence-corrected chi connectivity index (χ2v) is 6.21. The predicted octanol–water partition coefficient (Wildman–Crippen LogP) is 2.21. The van der Waals surface area contributed by atoms with Crippen LogP contribution in [0.2, 0.25) is 0 Å². The molecule has 100 valence electrons. The van der Waals surface area contributed by atoms with Gasteiger partial charge in [-0.1, -0.05) is 6.07 Å². The summed E-state index contributed by atoms with van der Waals surface area (Å²) in [6.07, 6.45) is 5.11. The van der Waals surface area contributed by atoms with Gasteiger partial charge in [0.2, 0.25) is 9.84 Å². The van der Waals surface area contributed by atoms with Gasteiger partial charge in [-0.15, -0.1) is 0 Å². The molecule has 0 unspecified atom stereocenters.